The van der Waals surface area contributed by atoms with E-state index in [-0.39, 0.29) is 23.3 Å². The van der Waals surface area contributed by atoms with Crippen LogP contribution >= 0.6 is 0 Å². The van der Waals surface area contributed by atoms with Crippen molar-refractivity contribution in [1.82, 2.24) is 9.97 Å². The average Bonchev–Trinajstić information content (AvgIpc) is 2.20. The molecule has 1 rings (SSSR count). The van der Waals surface area contributed by atoms with E-state index in [2.05, 4.69) is 15.3 Å². The van der Waals surface area contributed by atoms with Crippen LogP contribution in [-0.4, -0.2) is 28.2 Å². The zero-order valence-corrected chi connectivity index (χ0v) is 8.87. The Bertz CT molecular complexity index is 386. The molecule has 0 aliphatic carbocycles. The van der Waals surface area contributed by atoms with E-state index in [0.717, 1.165) is 0 Å². The second kappa shape index (κ2) is 4.31. The number of aliphatic hydroxyl groups excluding tert-OH is 1. The molecule has 0 unspecified atom stereocenters. The van der Waals surface area contributed by atoms with E-state index >= 15 is 0 Å². The average molecular weight is 212 g/mol. The Labute approximate surface area is 87.5 Å². The Kier molecular flexibility index (Phi) is 3.31. The molecular formula is C9H16N4O2. The van der Waals surface area contributed by atoms with Crippen LogP contribution in [0, 0.1) is 5.41 Å². The number of aliphatic hydroxyl groups is 1. The van der Waals surface area contributed by atoms with Gasteiger partial charge in [-0.1, -0.05) is 13.8 Å². The number of aromatic amines is 1. The van der Waals surface area contributed by atoms with Crippen LogP contribution in [0.1, 0.15) is 13.8 Å². The fourth-order valence-electron chi connectivity index (χ4n) is 0.930. The van der Waals surface area contributed by atoms with Crippen molar-refractivity contribution in [3.05, 3.63) is 16.7 Å². The molecule has 5 N–H and O–H groups in total. The van der Waals surface area contributed by atoms with Crippen molar-refractivity contribution < 1.29 is 5.11 Å². The largest absolute Gasteiger partial charge is 0.396 e. The van der Waals surface area contributed by atoms with Gasteiger partial charge in [-0.05, 0) is 0 Å². The van der Waals surface area contributed by atoms with Crippen molar-refractivity contribution in [2.75, 3.05) is 24.2 Å². The van der Waals surface area contributed by atoms with Gasteiger partial charge in [-0.2, -0.15) is 0 Å². The third-order valence-electron chi connectivity index (χ3n) is 2.05. The highest BCUT2D eigenvalue weighted by molar-refractivity contribution is 5.58. The van der Waals surface area contributed by atoms with Gasteiger partial charge in [0.2, 0.25) is 0 Å². The van der Waals surface area contributed by atoms with Crippen molar-refractivity contribution >= 4 is 11.5 Å². The first-order valence-corrected chi connectivity index (χ1v) is 4.64. The predicted octanol–water partition coefficient (Wildman–Crippen LogP) is -0.218. The Morgan fingerprint density at radius 2 is 2.33 bits per heavy atom. The molecule has 0 bridgehead atoms. The maximum atomic E-state index is 11.1. The highest BCUT2D eigenvalue weighted by Crippen LogP contribution is 2.16. The van der Waals surface area contributed by atoms with Gasteiger partial charge in [-0.15, -0.1) is 0 Å². The third kappa shape index (κ3) is 2.95. The smallest absolute Gasteiger partial charge is 0.276 e. The first-order chi connectivity index (χ1) is 6.96. The summed E-state index contributed by atoms with van der Waals surface area (Å²) in [5.74, 6) is 0.347. The van der Waals surface area contributed by atoms with E-state index in [4.69, 9.17) is 10.8 Å². The molecule has 0 aromatic carbocycles. The van der Waals surface area contributed by atoms with Crippen molar-refractivity contribution in [3.8, 4) is 0 Å². The van der Waals surface area contributed by atoms with Gasteiger partial charge >= 0.3 is 0 Å². The van der Waals surface area contributed by atoms with E-state index < -0.39 is 0 Å². The molecule has 1 heterocycles. The van der Waals surface area contributed by atoms with E-state index in [1.54, 1.807) is 0 Å². The number of nitrogens with one attached hydrogen (secondary N) is 2. The Balaban J connectivity index is 2.74. The fourth-order valence-corrected chi connectivity index (χ4v) is 0.930. The number of nitrogens with zero attached hydrogens (tertiary/aromatic N) is 1. The van der Waals surface area contributed by atoms with Crippen LogP contribution in [0.4, 0.5) is 11.5 Å². The van der Waals surface area contributed by atoms with E-state index in [1.807, 2.05) is 13.8 Å². The summed E-state index contributed by atoms with van der Waals surface area (Å²) in [6.45, 7) is 4.32. The van der Waals surface area contributed by atoms with Gasteiger partial charge in [0.15, 0.2) is 5.82 Å². The number of hydrogen-bond donors (Lipinski definition) is 4. The van der Waals surface area contributed by atoms with Gasteiger partial charge in [0.05, 0.1) is 6.33 Å². The van der Waals surface area contributed by atoms with Crippen molar-refractivity contribution in [3.63, 3.8) is 0 Å². The monoisotopic (exact) mass is 212 g/mol. The molecule has 0 aliphatic rings. The quantitative estimate of drug-likeness (QED) is 0.552. The topological polar surface area (TPSA) is 104 Å². The van der Waals surface area contributed by atoms with Gasteiger partial charge in [0.25, 0.3) is 5.56 Å². The Hall–Kier alpha value is -1.56. The van der Waals surface area contributed by atoms with Gasteiger partial charge in [-0.3, -0.25) is 4.79 Å². The molecular weight excluding hydrogens is 196 g/mol. The second-order valence-corrected chi connectivity index (χ2v) is 4.17. The highest BCUT2D eigenvalue weighted by Gasteiger charge is 2.17. The van der Waals surface area contributed by atoms with Crippen molar-refractivity contribution in [2.24, 2.45) is 5.41 Å². The number of nitrogens with two attached hydrogens (primary N) is 1. The fraction of sp³-hybridized carbons (Fsp3) is 0.556. The van der Waals surface area contributed by atoms with Crippen molar-refractivity contribution in [2.45, 2.75) is 13.8 Å². The second-order valence-electron chi connectivity index (χ2n) is 4.17. The van der Waals surface area contributed by atoms with Crippen molar-refractivity contribution in [1.29, 1.82) is 0 Å². The van der Waals surface area contributed by atoms with E-state index in [9.17, 15) is 4.79 Å². The summed E-state index contributed by atoms with van der Waals surface area (Å²) in [4.78, 5) is 17.4. The molecule has 0 saturated heterocycles. The standard InChI is InChI=1S/C9H16N4O2/c1-9(2,4-14)3-11-7-6(10)8(15)13-5-12-7/h5,14H,3-4,10H2,1-2H3,(H2,11,12,13,15). The maximum absolute atomic E-state index is 11.1. The lowest BCUT2D eigenvalue weighted by Crippen LogP contribution is -2.28. The molecule has 6 nitrogen and oxygen atoms in total. The summed E-state index contributed by atoms with van der Waals surface area (Å²) in [5, 5.41) is 12.0. The summed E-state index contributed by atoms with van der Waals surface area (Å²) >= 11 is 0. The highest BCUT2D eigenvalue weighted by atomic mass is 16.3. The molecule has 0 saturated carbocycles. The molecule has 1 aromatic heterocycles. The summed E-state index contributed by atoms with van der Waals surface area (Å²) in [6.07, 6.45) is 1.28. The number of aromatic nitrogens is 2. The number of H-pyrrole nitrogens is 1. The minimum atomic E-state index is -0.366. The zero-order valence-electron chi connectivity index (χ0n) is 8.87. The van der Waals surface area contributed by atoms with E-state index in [1.165, 1.54) is 6.33 Å². The summed E-state index contributed by atoms with van der Waals surface area (Å²) in [7, 11) is 0. The summed E-state index contributed by atoms with van der Waals surface area (Å²) in [6, 6.07) is 0. The van der Waals surface area contributed by atoms with Gasteiger partial charge in [0, 0.05) is 18.6 Å². The number of rotatable bonds is 4. The molecule has 0 fully saturated rings. The lowest BCUT2D eigenvalue weighted by Gasteiger charge is -2.22. The van der Waals surface area contributed by atoms with Crippen LogP contribution in [0.2, 0.25) is 0 Å². The van der Waals surface area contributed by atoms with Gasteiger partial charge in [-0.25, -0.2) is 4.98 Å². The number of nitrogen functional groups attached to an aromatic ring is 1. The Morgan fingerprint density at radius 1 is 1.67 bits per heavy atom. The number of hydrogen-bond acceptors (Lipinski definition) is 5. The molecule has 1 aromatic rings. The summed E-state index contributed by atoms with van der Waals surface area (Å²) < 4.78 is 0. The first-order valence-electron chi connectivity index (χ1n) is 4.64. The van der Waals surface area contributed by atoms with Crippen LogP contribution in [0.5, 0.6) is 0 Å². The lowest BCUT2D eigenvalue weighted by molar-refractivity contribution is 0.171. The SMILES string of the molecule is CC(C)(CO)CNc1nc[nH]c(=O)c1N. The molecule has 0 atom stereocenters. The van der Waals surface area contributed by atoms with E-state index in [0.29, 0.717) is 12.4 Å². The van der Waals surface area contributed by atoms with Gasteiger partial charge < -0.3 is 21.1 Å². The van der Waals surface area contributed by atoms with Crippen LogP contribution < -0.4 is 16.6 Å². The maximum Gasteiger partial charge on any atom is 0.276 e. The predicted molar refractivity (Wildman–Crippen MR) is 58.6 cm³/mol. The molecule has 15 heavy (non-hydrogen) atoms. The zero-order chi connectivity index (χ0) is 11.5. The normalized spacial score (nSPS) is 11.4. The van der Waals surface area contributed by atoms with Gasteiger partial charge in [0.1, 0.15) is 5.69 Å². The molecule has 6 heteroatoms. The van der Waals surface area contributed by atoms with Crippen LogP contribution in [0.25, 0.3) is 0 Å². The number of anilines is 2. The van der Waals surface area contributed by atoms with Crippen LogP contribution in [0.15, 0.2) is 11.1 Å². The molecule has 0 aliphatic heterocycles. The molecule has 0 radical (unpaired) electrons. The van der Waals surface area contributed by atoms with Crippen LogP contribution in [-0.2, 0) is 0 Å². The molecule has 84 valence electrons. The summed E-state index contributed by atoms with van der Waals surface area (Å²) in [5.41, 5.74) is 4.94. The minimum Gasteiger partial charge on any atom is -0.396 e. The third-order valence-corrected chi connectivity index (χ3v) is 2.05. The lowest BCUT2D eigenvalue weighted by atomic mass is 9.95. The Morgan fingerprint density at radius 3 is 2.93 bits per heavy atom. The van der Waals surface area contributed by atoms with Crippen LogP contribution in [0.3, 0.4) is 0 Å². The first kappa shape index (κ1) is 11.5. The molecule has 0 amide bonds. The minimum absolute atomic E-state index is 0.0447. The molecule has 0 spiro atoms.